The molecule has 0 bridgehead atoms. The van der Waals surface area contributed by atoms with Crippen LogP contribution in [-0.4, -0.2) is 41.2 Å². The highest BCUT2D eigenvalue weighted by Crippen LogP contribution is 2.20. The SMILES string of the molecule is CC(CNC(=O)C(O)C(C)(C)CO)CC(=O)c1cc(Cl)ccc1F. The molecule has 0 fully saturated rings. The molecule has 2 atom stereocenters. The molecule has 3 N–H and O–H groups in total. The fraction of sp³-hybridized carbons (Fsp3) is 0.529. The van der Waals surface area contributed by atoms with Crippen LogP contribution in [0, 0.1) is 17.2 Å². The van der Waals surface area contributed by atoms with E-state index in [1.807, 2.05) is 0 Å². The Labute approximate surface area is 145 Å². The Hall–Kier alpha value is -1.50. The molecule has 134 valence electrons. The Kier molecular flexibility index (Phi) is 7.32. The van der Waals surface area contributed by atoms with E-state index in [-0.39, 0.29) is 36.1 Å². The maximum Gasteiger partial charge on any atom is 0.249 e. The summed E-state index contributed by atoms with van der Waals surface area (Å²) in [6, 6.07) is 3.77. The number of aliphatic hydroxyl groups is 2. The van der Waals surface area contributed by atoms with Crippen LogP contribution in [0.2, 0.25) is 5.02 Å². The van der Waals surface area contributed by atoms with Gasteiger partial charge in [-0.25, -0.2) is 4.39 Å². The van der Waals surface area contributed by atoms with E-state index in [0.29, 0.717) is 0 Å². The molecule has 0 aromatic heterocycles. The first-order chi connectivity index (χ1) is 11.1. The van der Waals surface area contributed by atoms with E-state index in [1.165, 1.54) is 12.1 Å². The van der Waals surface area contributed by atoms with E-state index in [4.69, 9.17) is 16.7 Å². The van der Waals surface area contributed by atoms with E-state index in [9.17, 15) is 19.1 Å². The Morgan fingerprint density at radius 2 is 2.00 bits per heavy atom. The van der Waals surface area contributed by atoms with Crippen molar-refractivity contribution in [2.45, 2.75) is 33.3 Å². The number of carbonyl (C=O) groups is 2. The maximum absolute atomic E-state index is 13.7. The van der Waals surface area contributed by atoms with Gasteiger partial charge in [0.1, 0.15) is 11.9 Å². The van der Waals surface area contributed by atoms with E-state index in [2.05, 4.69) is 5.32 Å². The molecular formula is C17H23ClFNO4. The molecule has 0 saturated carbocycles. The lowest BCUT2D eigenvalue weighted by atomic mass is 9.87. The van der Waals surface area contributed by atoms with Gasteiger partial charge in [0.2, 0.25) is 5.91 Å². The predicted molar refractivity (Wildman–Crippen MR) is 89.4 cm³/mol. The molecule has 0 radical (unpaired) electrons. The number of Topliss-reactive ketones (excluding diaryl/α,β-unsaturated/α-hetero) is 1. The molecular weight excluding hydrogens is 337 g/mol. The standard InChI is InChI=1S/C17H23ClFNO4/c1-10(8-20-16(24)15(23)17(2,3)9-21)6-14(22)12-7-11(18)4-5-13(12)19/h4-5,7,10,15,21,23H,6,8-9H2,1-3H3,(H,20,24). The van der Waals surface area contributed by atoms with Gasteiger partial charge in [0.25, 0.3) is 0 Å². The van der Waals surface area contributed by atoms with Gasteiger partial charge in [-0.2, -0.15) is 0 Å². The third kappa shape index (κ3) is 5.54. The summed E-state index contributed by atoms with van der Waals surface area (Å²) in [4.78, 5) is 24.0. The lowest BCUT2D eigenvalue weighted by Gasteiger charge is -2.27. The van der Waals surface area contributed by atoms with Crippen molar-refractivity contribution in [1.29, 1.82) is 0 Å². The highest BCUT2D eigenvalue weighted by molar-refractivity contribution is 6.31. The number of amides is 1. The van der Waals surface area contributed by atoms with Crippen molar-refractivity contribution in [2.24, 2.45) is 11.3 Å². The molecule has 0 aliphatic heterocycles. The number of ketones is 1. The average molecular weight is 360 g/mol. The van der Waals surface area contributed by atoms with Gasteiger partial charge in [0.05, 0.1) is 12.2 Å². The number of hydrogen-bond donors (Lipinski definition) is 3. The summed E-state index contributed by atoms with van der Waals surface area (Å²) in [6.45, 7) is 4.65. The number of benzene rings is 1. The predicted octanol–water partition coefficient (Wildman–Crippen LogP) is 2.18. The fourth-order valence-corrected chi connectivity index (χ4v) is 2.19. The highest BCUT2D eigenvalue weighted by Gasteiger charge is 2.33. The van der Waals surface area contributed by atoms with Crippen molar-refractivity contribution in [3.63, 3.8) is 0 Å². The zero-order chi connectivity index (χ0) is 18.5. The van der Waals surface area contributed by atoms with Crippen molar-refractivity contribution in [2.75, 3.05) is 13.2 Å². The van der Waals surface area contributed by atoms with Crippen LogP contribution in [0.15, 0.2) is 18.2 Å². The average Bonchev–Trinajstić information content (AvgIpc) is 2.53. The highest BCUT2D eigenvalue weighted by atomic mass is 35.5. The normalized spacial score (nSPS) is 14.1. The first-order valence-corrected chi connectivity index (χ1v) is 8.01. The number of nitrogens with one attached hydrogen (secondary N) is 1. The van der Waals surface area contributed by atoms with Crippen LogP contribution in [0.25, 0.3) is 0 Å². The number of carbonyl (C=O) groups excluding carboxylic acids is 2. The molecule has 0 saturated heterocycles. The van der Waals surface area contributed by atoms with E-state index >= 15 is 0 Å². The van der Waals surface area contributed by atoms with Crippen LogP contribution < -0.4 is 5.32 Å². The summed E-state index contributed by atoms with van der Waals surface area (Å²) in [6.07, 6.45) is -1.34. The lowest BCUT2D eigenvalue weighted by molar-refractivity contribution is -0.137. The van der Waals surface area contributed by atoms with Crippen molar-refractivity contribution in [3.8, 4) is 0 Å². The second-order valence-electron chi connectivity index (χ2n) is 6.65. The van der Waals surface area contributed by atoms with Crippen LogP contribution >= 0.6 is 11.6 Å². The quantitative estimate of drug-likeness (QED) is 0.621. The van der Waals surface area contributed by atoms with Crippen molar-refractivity contribution in [1.82, 2.24) is 5.32 Å². The molecule has 7 heteroatoms. The van der Waals surface area contributed by atoms with Gasteiger partial charge in [-0.1, -0.05) is 32.4 Å². The second kappa shape index (κ2) is 8.55. The fourth-order valence-electron chi connectivity index (χ4n) is 2.02. The lowest BCUT2D eigenvalue weighted by Crippen LogP contribution is -2.46. The van der Waals surface area contributed by atoms with Crippen LogP contribution in [0.3, 0.4) is 0 Å². The van der Waals surface area contributed by atoms with Gasteiger partial charge in [-0.15, -0.1) is 0 Å². The van der Waals surface area contributed by atoms with Crippen LogP contribution in [-0.2, 0) is 4.79 Å². The van der Waals surface area contributed by atoms with Gasteiger partial charge >= 0.3 is 0 Å². The summed E-state index contributed by atoms with van der Waals surface area (Å²) in [7, 11) is 0. The first-order valence-electron chi connectivity index (χ1n) is 7.63. The maximum atomic E-state index is 13.7. The molecule has 1 amide bonds. The molecule has 2 unspecified atom stereocenters. The molecule has 0 aliphatic carbocycles. The third-order valence-electron chi connectivity index (χ3n) is 3.78. The molecule has 0 heterocycles. The Morgan fingerprint density at radius 3 is 2.58 bits per heavy atom. The number of rotatable bonds is 8. The molecule has 0 aliphatic rings. The zero-order valence-electron chi connectivity index (χ0n) is 14.0. The number of aliphatic hydroxyl groups excluding tert-OH is 2. The number of hydrogen-bond acceptors (Lipinski definition) is 4. The Balaban J connectivity index is 2.57. The van der Waals surface area contributed by atoms with Crippen LogP contribution in [0.5, 0.6) is 0 Å². The minimum absolute atomic E-state index is 0.0248. The van der Waals surface area contributed by atoms with E-state index in [0.717, 1.165) is 6.07 Å². The zero-order valence-corrected chi connectivity index (χ0v) is 14.7. The van der Waals surface area contributed by atoms with Crippen molar-refractivity contribution < 1.29 is 24.2 Å². The van der Waals surface area contributed by atoms with Gasteiger partial charge in [-0.3, -0.25) is 9.59 Å². The summed E-state index contributed by atoms with van der Waals surface area (Å²) in [5.41, 5.74) is -1.05. The summed E-state index contributed by atoms with van der Waals surface area (Å²) < 4.78 is 13.7. The second-order valence-corrected chi connectivity index (χ2v) is 7.09. The smallest absolute Gasteiger partial charge is 0.249 e. The molecule has 1 aromatic rings. The van der Waals surface area contributed by atoms with Crippen molar-refractivity contribution >= 4 is 23.3 Å². The third-order valence-corrected chi connectivity index (χ3v) is 4.02. The molecule has 24 heavy (non-hydrogen) atoms. The van der Waals surface area contributed by atoms with Crippen LogP contribution in [0.4, 0.5) is 4.39 Å². The minimum Gasteiger partial charge on any atom is -0.396 e. The molecule has 1 rings (SSSR count). The summed E-state index contributed by atoms with van der Waals surface area (Å²) in [5, 5.41) is 21.8. The molecule has 0 spiro atoms. The van der Waals surface area contributed by atoms with Gasteiger partial charge in [-0.05, 0) is 24.1 Å². The summed E-state index contributed by atoms with van der Waals surface area (Å²) in [5.74, 6) is -1.93. The van der Waals surface area contributed by atoms with Crippen LogP contribution in [0.1, 0.15) is 37.6 Å². The summed E-state index contributed by atoms with van der Waals surface area (Å²) >= 11 is 5.77. The van der Waals surface area contributed by atoms with Gasteiger partial charge < -0.3 is 15.5 Å². The molecule has 5 nitrogen and oxygen atoms in total. The first kappa shape index (κ1) is 20.5. The minimum atomic E-state index is -1.37. The monoisotopic (exact) mass is 359 g/mol. The topological polar surface area (TPSA) is 86.6 Å². The Bertz CT molecular complexity index is 606. The Morgan fingerprint density at radius 1 is 1.38 bits per heavy atom. The molecule has 1 aromatic carbocycles. The van der Waals surface area contributed by atoms with Gasteiger partial charge in [0, 0.05) is 23.4 Å². The van der Waals surface area contributed by atoms with E-state index in [1.54, 1.807) is 20.8 Å². The van der Waals surface area contributed by atoms with E-state index < -0.39 is 29.0 Å². The van der Waals surface area contributed by atoms with Crippen molar-refractivity contribution in [3.05, 3.63) is 34.6 Å². The number of halogens is 2. The largest absolute Gasteiger partial charge is 0.396 e. The van der Waals surface area contributed by atoms with Gasteiger partial charge in [0.15, 0.2) is 5.78 Å².